The standard InChI is InChI=1S/C21H20ClF2N3O4S/c1-3-27-18(28)12-17(32-20(27)26-14-4-8-15(30-2)9-5-14)19(29)25-13-6-10-16(11-7-13)31-21(22,23)24/h4-11,17H,3,12H2,1-2H3,(H,25,29). The lowest BCUT2D eigenvalue weighted by Gasteiger charge is -2.30. The molecule has 1 N–H and O–H groups in total. The van der Waals surface area contributed by atoms with E-state index in [4.69, 9.17) is 16.3 Å². The maximum absolute atomic E-state index is 12.8. The molecule has 170 valence electrons. The lowest BCUT2D eigenvalue weighted by Crippen LogP contribution is -2.45. The van der Waals surface area contributed by atoms with Crippen molar-refractivity contribution < 1.29 is 27.8 Å². The predicted octanol–water partition coefficient (Wildman–Crippen LogP) is 4.84. The van der Waals surface area contributed by atoms with Crippen LogP contribution in [0.4, 0.5) is 20.2 Å². The van der Waals surface area contributed by atoms with Gasteiger partial charge in [-0.15, -0.1) is 8.78 Å². The van der Waals surface area contributed by atoms with E-state index in [9.17, 15) is 18.4 Å². The van der Waals surface area contributed by atoms with E-state index in [0.717, 1.165) is 0 Å². The number of nitrogens with one attached hydrogen (secondary N) is 1. The largest absolute Gasteiger partial charge is 0.497 e. The zero-order valence-electron chi connectivity index (χ0n) is 17.2. The van der Waals surface area contributed by atoms with Gasteiger partial charge in [0.25, 0.3) is 0 Å². The number of anilines is 1. The molecule has 7 nitrogen and oxygen atoms in total. The highest BCUT2D eigenvalue weighted by Gasteiger charge is 2.35. The fraction of sp³-hybridized carbons (Fsp3) is 0.286. The summed E-state index contributed by atoms with van der Waals surface area (Å²) < 4.78 is 34.8. The summed E-state index contributed by atoms with van der Waals surface area (Å²) in [6.07, 6.45) is 0.00559. The van der Waals surface area contributed by atoms with Crippen molar-refractivity contribution in [2.45, 2.75) is 24.2 Å². The molecule has 0 saturated carbocycles. The Morgan fingerprint density at radius 2 is 1.84 bits per heavy atom. The summed E-state index contributed by atoms with van der Waals surface area (Å²) in [5.74, 6) is -0.0977. The van der Waals surface area contributed by atoms with Crippen LogP contribution in [0.2, 0.25) is 0 Å². The highest BCUT2D eigenvalue weighted by atomic mass is 35.5. The number of nitrogens with zero attached hydrogens (tertiary/aromatic N) is 2. The number of methoxy groups -OCH3 is 1. The number of thioether (sulfide) groups is 1. The number of carbonyl (C=O) groups is 2. The summed E-state index contributed by atoms with van der Waals surface area (Å²) in [7, 11) is 1.56. The Morgan fingerprint density at radius 1 is 1.22 bits per heavy atom. The molecule has 2 amide bonds. The fourth-order valence-corrected chi connectivity index (χ4v) is 4.13. The number of hydrogen-bond donors (Lipinski definition) is 1. The highest BCUT2D eigenvalue weighted by molar-refractivity contribution is 8.15. The third-order valence-electron chi connectivity index (χ3n) is 4.40. The first-order chi connectivity index (χ1) is 15.2. The Hall–Kier alpha value is -2.85. The molecule has 1 aliphatic heterocycles. The molecule has 11 heteroatoms. The van der Waals surface area contributed by atoms with Crippen LogP contribution >= 0.6 is 23.4 Å². The molecule has 2 aromatic carbocycles. The van der Waals surface area contributed by atoms with E-state index in [0.29, 0.717) is 28.8 Å². The molecule has 1 unspecified atom stereocenters. The van der Waals surface area contributed by atoms with Crippen LogP contribution in [-0.4, -0.2) is 46.4 Å². The van der Waals surface area contributed by atoms with Crippen LogP contribution in [0.25, 0.3) is 0 Å². The first-order valence-electron chi connectivity index (χ1n) is 9.55. The number of hydrogen-bond acceptors (Lipinski definition) is 6. The molecule has 1 saturated heterocycles. The van der Waals surface area contributed by atoms with Gasteiger partial charge in [0, 0.05) is 30.3 Å². The van der Waals surface area contributed by atoms with Crippen molar-refractivity contribution in [3.8, 4) is 11.5 Å². The second-order valence-electron chi connectivity index (χ2n) is 6.60. The first-order valence-corrected chi connectivity index (χ1v) is 10.8. The maximum atomic E-state index is 12.8. The minimum absolute atomic E-state index is 0.00559. The molecule has 0 bridgehead atoms. The van der Waals surface area contributed by atoms with Crippen LogP contribution < -0.4 is 14.8 Å². The molecule has 1 fully saturated rings. The molecule has 0 radical (unpaired) electrons. The minimum atomic E-state index is -3.82. The summed E-state index contributed by atoms with van der Waals surface area (Å²) in [6, 6.07) is 12.3. The van der Waals surface area contributed by atoms with E-state index in [1.54, 1.807) is 31.4 Å². The number of carbonyl (C=O) groups excluding carboxylic acids is 2. The quantitative estimate of drug-likeness (QED) is 0.570. The molecule has 0 aliphatic carbocycles. The highest BCUT2D eigenvalue weighted by Crippen LogP contribution is 2.31. The zero-order chi connectivity index (χ0) is 23.3. The van der Waals surface area contributed by atoms with Crippen LogP contribution in [0.3, 0.4) is 0 Å². The van der Waals surface area contributed by atoms with Crippen molar-refractivity contribution in [2.75, 3.05) is 19.0 Å². The van der Waals surface area contributed by atoms with Gasteiger partial charge in [0.15, 0.2) is 5.17 Å². The number of alkyl halides is 3. The van der Waals surface area contributed by atoms with Crippen molar-refractivity contribution in [1.82, 2.24) is 4.90 Å². The van der Waals surface area contributed by atoms with Crippen molar-refractivity contribution in [1.29, 1.82) is 0 Å². The molecule has 1 aliphatic rings. The number of aliphatic imine (C=N–C) groups is 1. The van der Waals surface area contributed by atoms with Gasteiger partial charge in [-0.25, -0.2) is 4.99 Å². The lowest BCUT2D eigenvalue weighted by molar-refractivity contribution is -0.129. The van der Waals surface area contributed by atoms with Gasteiger partial charge in [-0.2, -0.15) is 0 Å². The molecular weight excluding hydrogens is 464 g/mol. The van der Waals surface area contributed by atoms with Crippen molar-refractivity contribution in [3.05, 3.63) is 48.5 Å². The molecule has 3 rings (SSSR count). The van der Waals surface area contributed by atoms with Gasteiger partial charge in [-0.3, -0.25) is 14.5 Å². The smallest absolute Gasteiger partial charge is 0.487 e. The SMILES string of the molecule is CCN1C(=O)CC(C(=O)Nc2ccc(OC(F)(F)Cl)cc2)SC1=Nc1ccc(OC)cc1. The number of rotatable bonds is 7. The molecule has 1 heterocycles. The molecule has 0 aromatic heterocycles. The second kappa shape index (κ2) is 10.2. The number of amides is 2. The van der Waals surface area contributed by atoms with Crippen LogP contribution in [-0.2, 0) is 9.59 Å². The Morgan fingerprint density at radius 3 is 2.41 bits per heavy atom. The molecule has 2 aromatic rings. The number of halogens is 3. The van der Waals surface area contributed by atoms with Crippen molar-refractivity contribution >= 4 is 51.7 Å². The van der Waals surface area contributed by atoms with Gasteiger partial charge in [-0.05, 0) is 55.5 Å². The van der Waals surface area contributed by atoms with Gasteiger partial charge in [-0.1, -0.05) is 11.8 Å². The van der Waals surface area contributed by atoms with Crippen molar-refractivity contribution in [3.63, 3.8) is 0 Å². The van der Waals surface area contributed by atoms with E-state index >= 15 is 0 Å². The second-order valence-corrected chi connectivity index (χ2v) is 8.21. The first kappa shape index (κ1) is 23.8. The Labute approximate surface area is 192 Å². The van der Waals surface area contributed by atoms with Gasteiger partial charge in [0.2, 0.25) is 11.8 Å². The Bertz CT molecular complexity index is 998. The summed E-state index contributed by atoms with van der Waals surface area (Å²) >= 11 is 5.92. The van der Waals surface area contributed by atoms with Crippen molar-refractivity contribution in [2.24, 2.45) is 4.99 Å². The fourth-order valence-electron chi connectivity index (χ4n) is 2.88. The molecule has 32 heavy (non-hydrogen) atoms. The number of benzene rings is 2. The van der Waals surface area contributed by atoms with Gasteiger partial charge in [0.1, 0.15) is 16.7 Å². The van der Waals surface area contributed by atoms with Gasteiger partial charge in [0.05, 0.1) is 12.8 Å². The van der Waals surface area contributed by atoms with Gasteiger partial charge >= 0.3 is 5.57 Å². The molecule has 1 atom stereocenters. The predicted molar refractivity (Wildman–Crippen MR) is 120 cm³/mol. The minimum Gasteiger partial charge on any atom is -0.497 e. The average Bonchev–Trinajstić information content (AvgIpc) is 2.74. The van der Waals surface area contributed by atoms with E-state index in [-0.39, 0.29) is 18.1 Å². The third-order valence-corrected chi connectivity index (χ3v) is 5.67. The summed E-state index contributed by atoms with van der Waals surface area (Å²) in [5.41, 5.74) is -2.85. The lowest BCUT2D eigenvalue weighted by atomic mass is 10.2. The Balaban J connectivity index is 1.72. The number of amidine groups is 1. The molecular formula is C21H20ClF2N3O4S. The number of ether oxygens (including phenoxy) is 2. The van der Waals surface area contributed by atoms with Crippen LogP contribution in [0.1, 0.15) is 13.3 Å². The molecule has 0 spiro atoms. The zero-order valence-corrected chi connectivity index (χ0v) is 18.8. The van der Waals surface area contributed by atoms with Crippen LogP contribution in [0.5, 0.6) is 11.5 Å². The van der Waals surface area contributed by atoms with Crippen LogP contribution in [0, 0.1) is 0 Å². The summed E-state index contributed by atoms with van der Waals surface area (Å²) in [4.78, 5) is 31.4. The normalized spacial score (nSPS) is 17.9. The van der Waals surface area contributed by atoms with E-state index in [1.807, 2.05) is 6.92 Å². The van der Waals surface area contributed by atoms with E-state index in [1.165, 1.54) is 40.9 Å². The van der Waals surface area contributed by atoms with Crippen LogP contribution in [0.15, 0.2) is 53.5 Å². The van der Waals surface area contributed by atoms with E-state index in [2.05, 4.69) is 15.0 Å². The third kappa shape index (κ3) is 6.33. The Kier molecular flexibility index (Phi) is 7.57. The summed E-state index contributed by atoms with van der Waals surface area (Å²) in [5, 5.41) is 2.39. The summed E-state index contributed by atoms with van der Waals surface area (Å²) in [6.45, 7) is 2.25. The maximum Gasteiger partial charge on any atom is 0.487 e. The monoisotopic (exact) mass is 483 g/mol. The van der Waals surface area contributed by atoms with Gasteiger partial charge < -0.3 is 14.8 Å². The average molecular weight is 484 g/mol. The van der Waals surface area contributed by atoms with E-state index < -0.39 is 16.7 Å². The topological polar surface area (TPSA) is 80.2 Å².